The van der Waals surface area contributed by atoms with Gasteiger partial charge in [-0.25, -0.2) is 4.98 Å². The van der Waals surface area contributed by atoms with Crippen molar-refractivity contribution in [3.05, 3.63) is 56.1 Å². The van der Waals surface area contributed by atoms with Gasteiger partial charge in [0.15, 0.2) is 0 Å². The molecule has 0 spiro atoms. The molecule has 1 aliphatic heterocycles. The molecule has 2 unspecified atom stereocenters. The van der Waals surface area contributed by atoms with E-state index in [9.17, 15) is 10.1 Å². The highest BCUT2D eigenvalue weighted by molar-refractivity contribution is 6.37. The van der Waals surface area contributed by atoms with Gasteiger partial charge in [0.05, 0.1) is 29.3 Å². The summed E-state index contributed by atoms with van der Waals surface area (Å²) in [7, 11) is 1.98. The first kappa shape index (κ1) is 21.9. The molecule has 31 heavy (non-hydrogen) atoms. The molecule has 1 amide bonds. The minimum atomic E-state index is -0.207. The molecular formula is C23H24Cl2N4O2. The predicted molar refractivity (Wildman–Crippen MR) is 120 cm³/mol. The van der Waals surface area contributed by atoms with Gasteiger partial charge in [0.1, 0.15) is 5.69 Å². The summed E-state index contributed by atoms with van der Waals surface area (Å²) < 4.78 is 7.40. The van der Waals surface area contributed by atoms with E-state index in [1.165, 1.54) is 11.8 Å². The quantitative estimate of drug-likeness (QED) is 0.680. The van der Waals surface area contributed by atoms with E-state index < -0.39 is 0 Å². The van der Waals surface area contributed by atoms with Crippen LogP contribution in [0.15, 0.2) is 17.8 Å². The molecule has 6 nitrogen and oxygen atoms in total. The number of nitrogens with zero attached hydrogens (tertiary/aromatic N) is 4. The fraction of sp³-hybridized carbons (Fsp3) is 0.435. The number of hydrogen-bond acceptors (Lipinski definition) is 4. The molecule has 0 aromatic carbocycles. The zero-order valence-corrected chi connectivity index (χ0v) is 19.3. The second kappa shape index (κ2) is 8.66. The fourth-order valence-electron chi connectivity index (χ4n) is 4.28. The Balaban J connectivity index is 1.70. The van der Waals surface area contributed by atoms with Crippen LogP contribution in [0, 0.1) is 17.2 Å². The lowest BCUT2D eigenvalue weighted by molar-refractivity contribution is 0.0299. The number of allylic oxidation sites excluding steroid dienone is 1. The molecule has 8 heteroatoms. The van der Waals surface area contributed by atoms with Crippen LogP contribution in [0.1, 0.15) is 52.8 Å². The second-order valence-electron chi connectivity index (χ2n) is 8.15. The number of carbonyl (C=O) groups is 1. The molecule has 2 aromatic rings. The van der Waals surface area contributed by atoms with Crippen LogP contribution in [0.5, 0.6) is 0 Å². The van der Waals surface area contributed by atoms with Crippen LogP contribution in [-0.2, 0) is 18.2 Å². The number of halogens is 2. The van der Waals surface area contributed by atoms with Crippen LogP contribution in [0.4, 0.5) is 0 Å². The number of hydrogen-bond donors (Lipinski definition) is 0. The lowest BCUT2D eigenvalue weighted by Gasteiger charge is -2.27. The molecule has 0 N–H and O–H groups in total. The molecule has 162 valence electrons. The average Bonchev–Trinajstić information content (AvgIpc) is 3.09. The minimum Gasteiger partial charge on any atom is -0.378 e. The Kier molecular flexibility index (Phi) is 6.11. The normalized spacial score (nSPS) is 20.8. The summed E-state index contributed by atoms with van der Waals surface area (Å²) in [6.07, 6.45) is 3.92. The first-order chi connectivity index (χ1) is 14.8. The van der Waals surface area contributed by atoms with E-state index in [-0.39, 0.29) is 28.5 Å². The number of nitriles is 1. The Morgan fingerprint density at radius 1 is 1.29 bits per heavy atom. The van der Waals surface area contributed by atoms with E-state index in [1.807, 2.05) is 13.1 Å². The van der Waals surface area contributed by atoms with Gasteiger partial charge in [-0.05, 0) is 35.1 Å². The third-order valence-electron chi connectivity index (χ3n) is 6.49. The van der Waals surface area contributed by atoms with Crippen molar-refractivity contribution in [3.63, 3.8) is 0 Å². The predicted octanol–water partition coefficient (Wildman–Crippen LogP) is 4.45. The van der Waals surface area contributed by atoms with E-state index in [0.29, 0.717) is 43.3 Å². The summed E-state index contributed by atoms with van der Waals surface area (Å²) in [5.41, 5.74) is 4.93. The van der Waals surface area contributed by atoms with Crippen LogP contribution in [0.25, 0.3) is 6.08 Å². The van der Waals surface area contributed by atoms with Gasteiger partial charge in [0.25, 0.3) is 5.91 Å². The number of fused-ring (bicyclic) bond motifs is 1. The van der Waals surface area contributed by atoms with E-state index >= 15 is 0 Å². The maximum atomic E-state index is 12.9. The number of ether oxygens (including phenoxy) is 1. The van der Waals surface area contributed by atoms with Crippen LogP contribution in [0.2, 0.25) is 10.0 Å². The summed E-state index contributed by atoms with van der Waals surface area (Å²) in [6, 6.07) is 4.48. The van der Waals surface area contributed by atoms with Crippen LogP contribution in [0.3, 0.4) is 0 Å². The monoisotopic (exact) mass is 458 g/mol. The molecule has 1 fully saturated rings. The van der Waals surface area contributed by atoms with Crippen LogP contribution < -0.4 is 0 Å². The van der Waals surface area contributed by atoms with Gasteiger partial charge >= 0.3 is 0 Å². The van der Waals surface area contributed by atoms with Crippen LogP contribution in [-0.4, -0.2) is 46.7 Å². The molecule has 1 saturated heterocycles. The van der Waals surface area contributed by atoms with Crippen molar-refractivity contribution >= 4 is 35.2 Å². The van der Waals surface area contributed by atoms with E-state index in [4.69, 9.17) is 27.9 Å². The van der Waals surface area contributed by atoms with Crippen molar-refractivity contribution in [1.82, 2.24) is 14.5 Å². The van der Waals surface area contributed by atoms with Crippen LogP contribution >= 0.6 is 23.2 Å². The lowest BCUT2D eigenvalue weighted by atomic mass is 9.79. The Hall–Kier alpha value is -2.33. The summed E-state index contributed by atoms with van der Waals surface area (Å²) >= 11 is 13.1. The fourth-order valence-corrected chi connectivity index (χ4v) is 4.83. The summed E-state index contributed by atoms with van der Waals surface area (Å²) in [6.45, 7) is 6.27. The molecule has 2 aliphatic rings. The zero-order chi connectivity index (χ0) is 22.3. The molecular weight excluding hydrogens is 435 g/mol. The maximum absolute atomic E-state index is 12.9. The van der Waals surface area contributed by atoms with Gasteiger partial charge in [0, 0.05) is 49.7 Å². The zero-order valence-electron chi connectivity index (χ0n) is 17.8. The number of carbonyl (C=O) groups excluding carboxylic acids is 1. The first-order valence-corrected chi connectivity index (χ1v) is 11.1. The highest BCUT2D eigenvalue weighted by atomic mass is 35.5. The topological polar surface area (TPSA) is 71.2 Å². The van der Waals surface area contributed by atoms with Gasteiger partial charge in [0.2, 0.25) is 0 Å². The van der Waals surface area contributed by atoms with E-state index in [1.54, 1.807) is 4.90 Å². The minimum absolute atomic E-state index is 0.165. The summed E-state index contributed by atoms with van der Waals surface area (Å²) in [4.78, 5) is 18.9. The Labute approximate surface area is 192 Å². The van der Waals surface area contributed by atoms with Gasteiger partial charge in [-0.2, -0.15) is 5.26 Å². The van der Waals surface area contributed by atoms with Gasteiger partial charge < -0.3 is 14.2 Å². The van der Waals surface area contributed by atoms with Crippen molar-refractivity contribution in [1.29, 1.82) is 5.26 Å². The van der Waals surface area contributed by atoms with E-state index in [0.717, 1.165) is 17.0 Å². The molecule has 3 heterocycles. The van der Waals surface area contributed by atoms with Gasteiger partial charge in [-0.1, -0.05) is 37.0 Å². The number of amides is 1. The molecule has 4 rings (SSSR count). The second-order valence-corrected chi connectivity index (χ2v) is 8.94. The third-order valence-corrected chi connectivity index (χ3v) is 7.22. The van der Waals surface area contributed by atoms with Crippen molar-refractivity contribution < 1.29 is 9.53 Å². The smallest absolute Gasteiger partial charge is 0.274 e. The molecule has 1 aliphatic carbocycles. The largest absolute Gasteiger partial charge is 0.378 e. The maximum Gasteiger partial charge on any atom is 0.274 e. The lowest BCUT2D eigenvalue weighted by Crippen LogP contribution is -2.41. The standard InChI is InChI=1S/C23H24Cl2N4O2/c1-13-14(2)17-9-16(28(3)20(17)8-15(13)11-26)10-18-19(24)12-27-22(21(18)25)23(30)29-4-6-31-7-5-29/h8-9,12-14H,4-7,10H2,1-3H3. The van der Waals surface area contributed by atoms with E-state index in [2.05, 4.69) is 35.5 Å². The third kappa shape index (κ3) is 3.87. The van der Waals surface area contributed by atoms with Crippen molar-refractivity contribution in [3.8, 4) is 6.07 Å². The number of morpholine rings is 1. The molecule has 2 atom stereocenters. The van der Waals surface area contributed by atoms with Gasteiger partial charge in [-0.3, -0.25) is 4.79 Å². The number of aromatic nitrogens is 2. The van der Waals surface area contributed by atoms with Gasteiger partial charge in [-0.15, -0.1) is 0 Å². The summed E-state index contributed by atoms with van der Waals surface area (Å²) in [5.74, 6) is 0.191. The number of rotatable bonds is 3. The highest BCUT2D eigenvalue weighted by Crippen LogP contribution is 2.40. The van der Waals surface area contributed by atoms with Crippen molar-refractivity contribution in [2.45, 2.75) is 26.2 Å². The van der Waals surface area contributed by atoms with Crippen molar-refractivity contribution in [2.75, 3.05) is 26.3 Å². The molecule has 0 radical (unpaired) electrons. The molecule has 0 saturated carbocycles. The number of pyridine rings is 1. The summed E-state index contributed by atoms with van der Waals surface area (Å²) in [5, 5.41) is 10.2. The molecule has 2 aromatic heterocycles. The Bertz CT molecular complexity index is 1110. The first-order valence-electron chi connectivity index (χ1n) is 10.3. The van der Waals surface area contributed by atoms with Crippen molar-refractivity contribution in [2.24, 2.45) is 13.0 Å². The SMILES string of the molecule is CC1C(C#N)=Cc2c(cc(Cc3c(Cl)cnc(C(=O)N4CCOCC4)c3Cl)n2C)C1C. The average molecular weight is 459 g/mol. The highest BCUT2D eigenvalue weighted by Gasteiger charge is 2.29. The Morgan fingerprint density at radius 2 is 2.00 bits per heavy atom. The Morgan fingerprint density at radius 3 is 2.68 bits per heavy atom. The molecule has 0 bridgehead atoms.